The molecule has 10 heterocycles. The number of hydrogen-bond donors (Lipinski definition) is 2. The Labute approximate surface area is 574 Å². The van der Waals surface area contributed by atoms with Gasteiger partial charge < -0.3 is 39.3 Å². The number of nitrogens with zero attached hydrogens (tertiary/aromatic N) is 13. The number of ether oxygens (including phenoxy) is 3. The molecule has 4 aromatic carbocycles. The van der Waals surface area contributed by atoms with Crippen molar-refractivity contribution in [2.45, 2.75) is 87.8 Å². The number of piperidine rings is 2. The van der Waals surface area contributed by atoms with Gasteiger partial charge in [-0.2, -0.15) is 10.2 Å². The molecule has 0 bridgehead atoms. The summed E-state index contributed by atoms with van der Waals surface area (Å²) in [4.78, 5) is 61.3. The molecule has 24 heteroatoms. The Bertz CT molecular complexity index is 4450. The number of halogens is 4. The highest BCUT2D eigenvalue weighted by Crippen LogP contribution is 2.65. The molecule has 6 fully saturated rings. The molecule has 2 aliphatic carbocycles. The molecule has 492 valence electrons. The number of carbonyl (C=O) groups excluding carboxylic acids is 1. The fraction of sp³-hybridized carbons (Fsp3) is 0.361. The number of anilines is 2. The highest BCUT2D eigenvalue weighted by atomic mass is 35.5. The monoisotopic (exact) mass is 1370 g/mol. The second-order valence-corrected chi connectivity index (χ2v) is 27.2. The standard InChI is InChI=1S/2C36H35Cl2N7O3/c37-27-12-8-11-24(31(27)38)32-33-34(45(43-32)30-14-5-7-18-47-30)42-29(19-40-33)44-17-15-25-26(20-44)36(25,28-13-4-6-16-39-28)22-41-35(46)48-21-23-9-2-1-3-10-23;37-27-12-8-11-24(31(27)38)32-33-34(45(42-32)30-14-5-7-18-48-30)41-29(19-40-33)43-17-15-25-26(21-43)36(25,28-13-4-6-16-39-28)22-44(35(46)47)20-23-9-2-1-3-10-23/h1-4,6,8-13,16,19,25-26,30H,5,7,14-15,17-18,20-22H2,(H,41,46);1-4,6,8-13,16,19,25-26,30H,5,7,14-15,17-18,20-22H2,(H,46,47). The van der Waals surface area contributed by atoms with Gasteiger partial charge in [0.15, 0.2) is 23.8 Å². The SMILES string of the molecule is O=C(NCC1(c2ccccn2)C2CCN(c3cnc4c(-c5cccc(Cl)c5Cl)nn(C5CCCCO5)c4n3)CC21)OCc1ccccc1.O=C(O)N(Cc1ccccc1)CC1(c2ccccn2)C2CCN(c3cnc4c(-c5cccc(Cl)c5Cl)nn(C5CCCCO5)c4n3)CC21. The number of rotatable bonds is 16. The molecule has 2 N–H and O–H groups in total. The lowest BCUT2D eigenvalue weighted by atomic mass is 9.94. The van der Waals surface area contributed by atoms with Gasteiger partial charge in [0.1, 0.15) is 40.7 Å². The smallest absolute Gasteiger partial charge is 0.407 e. The van der Waals surface area contributed by atoms with E-state index in [1.165, 1.54) is 0 Å². The summed E-state index contributed by atoms with van der Waals surface area (Å²) in [5.74, 6) is 2.66. The zero-order valence-electron chi connectivity index (χ0n) is 52.5. The summed E-state index contributed by atoms with van der Waals surface area (Å²) in [5, 5.41) is 25.1. The van der Waals surface area contributed by atoms with Crippen molar-refractivity contribution in [3.05, 3.63) is 201 Å². The van der Waals surface area contributed by atoms with E-state index in [2.05, 4.69) is 21.2 Å². The molecule has 4 saturated heterocycles. The molecule has 8 atom stereocenters. The van der Waals surface area contributed by atoms with E-state index < -0.39 is 17.6 Å². The van der Waals surface area contributed by atoms with Crippen molar-refractivity contribution in [1.82, 2.24) is 59.7 Å². The summed E-state index contributed by atoms with van der Waals surface area (Å²) in [7, 11) is 0. The Hall–Kier alpha value is -8.50. The van der Waals surface area contributed by atoms with Crippen LogP contribution in [0.3, 0.4) is 0 Å². The number of hydrogen-bond acceptors (Lipinski definition) is 15. The number of alkyl carbamates (subject to hydrolysis) is 1. The molecule has 8 unspecified atom stereocenters. The molecule has 20 nitrogen and oxygen atoms in total. The normalized spacial score (nSPS) is 23.5. The first-order valence-corrected chi connectivity index (χ1v) is 34.4. The number of fused-ring (bicyclic) bond motifs is 4. The maximum absolute atomic E-state index is 12.8. The molecule has 2 saturated carbocycles. The van der Waals surface area contributed by atoms with E-state index in [-0.39, 0.29) is 36.3 Å². The maximum atomic E-state index is 12.8. The number of carboxylic acid groups (broad SMARTS) is 1. The van der Waals surface area contributed by atoms with Gasteiger partial charge in [-0.1, -0.05) is 143 Å². The van der Waals surface area contributed by atoms with Gasteiger partial charge in [0.2, 0.25) is 0 Å². The van der Waals surface area contributed by atoms with Crippen LogP contribution in [0.1, 0.15) is 86.3 Å². The van der Waals surface area contributed by atoms with Crippen LogP contribution in [0.25, 0.3) is 44.8 Å². The van der Waals surface area contributed by atoms with Gasteiger partial charge in [0.25, 0.3) is 0 Å². The van der Waals surface area contributed by atoms with Crippen molar-refractivity contribution in [2.75, 3.05) is 62.3 Å². The summed E-state index contributed by atoms with van der Waals surface area (Å²) >= 11 is 26.1. The van der Waals surface area contributed by atoms with Crippen LogP contribution in [0.15, 0.2) is 158 Å². The van der Waals surface area contributed by atoms with Gasteiger partial charge in [0, 0.05) is 105 Å². The van der Waals surface area contributed by atoms with Gasteiger partial charge in [-0.3, -0.25) is 9.97 Å². The van der Waals surface area contributed by atoms with Gasteiger partial charge in [0.05, 0.1) is 32.5 Å². The van der Waals surface area contributed by atoms with E-state index in [1.807, 2.05) is 143 Å². The Morgan fingerprint density at radius 2 is 1.07 bits per heavy atom. The number of carbonyl (C=O) groups is 2. The van der Waals surface area contributed by atoms with Gasteiger partial charge in [-0.15, -0.1) is 0 Å². The van der Waals surface area contributed by atoms with Crippen LogP contribution in [0.4, 0.5) is 21.2 Å². The number of aromatic nitrogens is 10. The molecule has 10 aromatic rings. The zero-order chi connectivity index (χ0) is 65.5. The lowest BCUT2D eigenvalue weighted by molar-refractivity contribution is -0.0369. The number of benzene rings is 4. The molecule has 0 spiro atoms. The second-order valence-electron chi connectivity index (χ2n) is 25.7. The van der Waals surface area contributed by atoms with Gasteiger partial charge in [-0.05, 0) is 123 Å². The molecule has 0 radical (unpaired) electrons. The van der Waals surface area contributed by atoms with E-state index >= 15 is 0 Å². The summed E-state index contributed by atoms with van der Waals surface area (Å²) in [6.45, 7) is 5.72. The van der Waals surface area contributed by atoms with Crippen molar-refractivity contribution >= 4 is 92.6 Å². The van der Waals surface area contributed by atoms with E-state index in [0.29, 0.717) is 116 Å². The predicted molar refractivity (Wildman–Crippen MR) is 368 cm³/mol. The van der Waals surface area contributed by atoms with Crippen molar-refractivity contribution in [3.63, 3.8) is 0 Å². The first-order chi connectivity index (χ1) is 47.0. The predicted octanol–water partition coefficient (Wildman–Crippen LogP) is 14.7. The third-order valence-corrected chi connectivity index (χ3v) is 22.0. The van der Waals surface area contributed by atoms with Crippen LogP contribution in [0, 0.1) is 23.7 Å². The summed E-state index contributed by atoms with van der Waals surface area (Å²) < 4.78 is 21.6. The van der Waals surface area contributed by atoms with Gasteiger partial charge >= 0.3 is 12.2 Å². The van der Waals surface area contributed by atoms with E-state index in [0.717, 1.165) is 105 Å². The molecule has 2 amide bonds. The highest BCUT2D eigenvalue weighted by Gasteiger charge is 2.69. The van der Waals surface area contributed by atoms with Crippen molar-refractivity contribution in [3.8, 4) is 22.5 Å². The third-order valence-electron chi connectivity index (χ3n) is 20.3. The van der Waals surface area contributed by atoms with Crippen LogP contribution in [-0.4, -0.2) is 124 Å². The van der Waals surface area contributed by atoms with Gasteiger partial charge in [-0.25, -0.2) is 38.9 Å². The molecule has 16 rings (SSSR count). The zero-order valence-corrected chi connectivity index (χ0v) is 55.5. The minimum absolute atomic E-state index is 0.198. The Kier molecular flexibility index (Phi) is 18.0. The molecule has 96 heavy (non-hydrogen) atoms. The lowest BCUT2D eigenvalue weighted by Crippen LogP contribution is -2.38. The summed E-state index contributed by atoms with van der Waals surface area (Å²) in [6.07, 6.45) is 13.0. The molecule has 6 aliphatic rings. The first-order valence-electron chi connectivity index (χ1n) is 32.9. The topological polar surface area (TPSA) is 217 Å². The minimum Gasteiger partial charge on any atom is -0.465 e. The van der Waals surface area contributed by atoms with Crippen LogP contribution < -0.4 is 15.1 Å². The fourth-order valence-electron chi connectivity index (χ4n) is 15.5. The quantitative estimate of drug-likeness (QED) is 0.0919. The fourth-order valence-corrected chi connectivity index (χ4v) is 16.2. The van der Waals surface area contributed by atoms with E-state index in [4.69, 9.17) is 101 Å². The van der Waals surface area contributed by atoms with Crippen LogP contribution in [0.5, 0.6) is 0 Å². The van der Waals surface area contributed by atoms with E-state index in [9.17, 15) is 14.7 Å². The summed E-state index contributed by atoms with van der Waals surface area (Å²) in [6, 6.07) is 42.4. The van der Waals surface area contributed by atoms with E-state index in [1.54, 1.807) is 23.2 Å². The van der Waals surface area contributed by atoms with Crippen molar-refractivity contribution in [1.29, 1.82) is 0 Å². The number of amides is 2. The lowest BCUT2D eigenvalue weighted by Gasteiger charge is -2.28. The largest absolute Gasteiger partial charge is 0.465 e. The van der Waals surface area contributed by atoms with Crippen LogP contribution in [-0.2, 0) is 38.2 Å². The second kappa shape index (κ2) is 27.2. The van der Waals surface area contributed by atoms with Crippen molar-refractivity contribution < 1.29 is 28.9 Å². The number of pyridine rings is 2. The highest BCUT2D eigenvalue weighted by molar-refractivity contribution is 6.44. The Balaban J connectivity index is 0.000000158. The average Bonchev–Trinajstić information content (AvgIpc) is 1.53. The van der Waals surface area contributed by atoms with Crippen LogP contribution >= 0.6 is 46.4 Å². The molecule has 4 aliphatic heterocycles. The van der Waals surface area contributed by atoms with Crippen LogP contribution in [0.2, 0.25) is 20.1 Å². The summed E-state index contributed by atoms with van der Waals surface area (Å²) in [5.41, 5.74) is 8.38. The first kappa shape index (κ1) is 63.5. The molecule has 6 aromatic heterocycles. The average molecular weight is 1370 g/mol. The number of nitrogens with one attached hydrogen (secondary N) is 1. The molecular formula is C72H70Cl4N14O6. The minimum atomic E-state index is -0.931. The van der Waals surface area contributed by atoms with Crippen molar-refractivity contribution in [2.24, 2.45) is 23.7 Å². The third kappa shape index (κ3) is 12.2. The maximum Gasteiger partial charge on any atom is 0.407 e. The molecular weight excluding hydrogens is 1300 g/mol. The Morgan fingerprint density at radius 3 is 1.57 bits per heavy atom. The Morgan fingerprint density at radius 1 is 0.573 bits per heavy atom.